The first-order chi connectivity index (χ1) is 11.5. The number of anilines is 1. The first kappa shape index (κ1) is 16.9. The van der Waals surface area contributed by atoms with Crippen molar-refractivity contribution in [1.82, 2.24) is 24.6 Å². The zero-order valence-electron chi connectivity index (χ0n) is 15.2. The minimum absolute atomic E-state index is 0.660. The third-order valence-electron chi connectivity index (χ3n) is 4.18. The number of nitrogens with zero attached hydrogens (tertiary/aromatic N) is 5. The third kappa shape index (κ3) is 4.32. The summed E-state index contributed by atoms with van der Waals surface area (Å²) in [7, 11) is 0. The van der Waals surface area contributed by atoms with Crippen LogP contribution in [-0.2, 0) is 19.6 Å². The van der Waals surface area contributed by atoms with Crippen molar-refractivity contribution in [3.8, 4) is 0 Å². The van der Waals surface area contributed by atoms with Gasteiger partial charge in [-0.2, -0.15) is 5.10 Å². The Hall–Kier alpha value is -1.95. The number of hydrogen-bond acceptors (Lipinski definition) is 5. The molecule has 130 valence electrons. The molecule has 6 heteroatoms. The maximum Gasteiger partial charge on any atom is 0.223 e. The summed E-state index contributed by atoms with van der Waals surface area (Å²) in [6.07, 6.45) is 1.16. The molecule has 0 aromatic carbocycles. The van der Waals surface area contributed by atoms with Gasteiger partial charge in [-0.1, -0.05) is 13.8 Å². The van der Waals surface area contributed by atoms with Crippen LogP contribution in [0.1, 0.15) is 43.0 Å². The summed E-state index contributed by atoms with van der Waals surface area (Å²) in [6.45, 7) is 13.5. The molecule has 3 rings (SSSR count). The highest BCUT2D eigenvalue weighted by Crippen LogP contribution is 2.16. The molecular weight excluding hydrogens is 300 g/mol. The van der Waals surface area contributed by atoms with Gasteiger partial charge in [-0.25, -0.2) is 9.97 Å². The minimum Gasteiger partial charge on any atom is -0.348 e. The Labute approximate surface area is 144 Å². The van der Waals surface area contributed by atoms with E-state index in [1.54, 1.807) is 0 Å². The highest BCUT2D eigenvalue weighted by atomic mass is 15.3. The molecule has 0 amide bonds. The van der Waals surface area contributed by atoms with Gasteiger partial charge in [0.25, 0.3) is 0 Å². The van der Waals surface area contributed by atoms with Crippen molar-refractivity contribution in [3.05, 3.63) is 34.9 Å². The van der Waals surface area contributed by atoms with Crippen LogP contribution in [0, 0.1) is 19.8 Å². The predicted octanol–water partition coefficient (Wildman–Crippen LogP) is 2.76. The Morgan fingerprint density at radius 2 is 1.88 bits per heavy atom. The summed E-state index contributed by atoms with van der Waals surface area (Å²) in [4.78, 5) is 11.4. The van der Waals surface area contributed by atoms with Crippen LogP contribution >= 0.6 is 0 Å². The molecule has 0 spiro atoms. The largest absolute Gasteiger partial charge is 0.348 e. The molecule has 1 aliphatic heterocycles. The van der Waals surface area contributed by atoms with Crippen molar-refractivity contribution in [3.63, 3.8) is 0 Å². The second kappa shape index (κ2) is 7.30. The van der Waals surface area contributed by atoms with E-state index < -0.39 is 0 Å². The average molecular weight is 328 g/mol. The molecule has 6 nitrogen and oxygen atoms in total. The zero-order chi connectivity index (χ0) is 17.1. The Kier molecular flexibility index (Phi) is 5.14. The Bertz CT molecular complexity index is 671. The number of nitrogens with one attached hydrogen (secondary N) is 1. The van der Waals surface area contributed by atoms with E-state index in [-0.39, 0.29) is 0 Å². The second-order valence-corrected chi connectivity index (χ2v) is 7.16. The summed E-state index contributed by atoms with van der Waals surface area (Å²) in [5.41, 5.74) is 4.33. The third-order valence-corrected chi connectivity index (χ3v) is 4.18. The number of aryl methyl sites for hydroxylation is 3. The van der Waals surface area contributed by atoms with Crippen LogP contribution in [0.4, 0.5) is 5.95 Å². The van der Waals surface area contributed by atoms with Crippen LogP contribution in [0.3, 0.4) is 0 Å². The van der Waals surface area contributed by atoms with E-state index in [0.717, 1.165) is 49.7 Å². The zero-order valence-corrected chi connectivity index (χ0v) is 15.2. The van der Waals surface area contributed by atoms with Crippen molar-refractivity contribution < 1.29 is 0 Å². The van der Waals surface area contributed by atoms with Crippen LogP contribution in [-0.4, -0.2) is 37.7 Å². The van der Waals surface area contributed by atoms with Gasteiger partial charge in [-0.05, 0) is 38.3 Å². The smallest absolute Gasteiger partial charge is 0.223 e. The van der Waals surface area contributed by atoms with E-state index >= 15 is 0 Å². The molecule has 0 atom stereocenters. The van der Waals surface area contributed by atoms with E-state index in [4.69, 9.17) is 5.10 Å². The van der Waals surface area contributed by atoms with Crippen LogP contribution in [0.25, 0.3) is 0 Å². The van der Waals surface area contributed by atoms with Gasteiger partial charge in [0.15, 0.2) is 0 Å². The number of aromatic nitrogens is 4. The molecule has 0 saturated heterocycles. The first-order valence-electron chi connectivity index (χ1n) is 8.83. The Morgan fingerprint density at radius 3 is 2.58 bits per heavy atom. The van der Waals surface area contributed by atoms with Crippen molar-refractivity contribution in [2.45, 2.75) is 53.8 Å². The standard InChI is InChI=1S/C18H28N6/c1-13(2)11-23-6-5-7-24-17(12-23)9-16(22-24)10-19-18-20-14(3)8-15(4)21-18/h8-9,13H,5-7,10-12H2,1-4H3,(H,19,20,21). The minimum atomic E-state index is 0.660. The summed E-state index contributed by atoms with van der Waals surface area (Å²) in [6, 6.07) is 4.20. The van der Waals surface area contributed by atoms with Crippen LogP contribution in [0.15, 0.2) is 12.1 Å². The predicted molar refractivity (Wildman–Crippen MR) is 95.8 cm³/mol. The molecule has 0 bridgehead atoms. The van der Waals surface area contributed by atoms with Gasteiger partial charge in [0.2, 0.25) is 5.95 Å². The molecule has 0 aliphatic carbocycles. The van der Waals surface area contributed by atoms with Crippen LogP contribution < -0.4 is 5.32 Å². The van der Waals surface area contributed by atoms with Crippen molar-refractivity contribution >= 4 is 5.95 Å². The fraction of sp³-hybridized carbons (Fsp3) is 0.611. The first-order valence-corrected chi connectivity index (χ1v) is 8.83. The molecule has 3 heterocycles. The fourth-order valence-electron chi connectivity index (χ4n) is 3.32. The van der Waals surface area contributed by atoms with E-state index in [1.807, 2.05) is 19.9 Å². The monoisotopic (exact) mass is 328 g/mol. The summed E-state index contributed by atoms with van der Waals surface area (Å²) < 4.78 is 2.17. The lowest BCUT2D eigenvalue weighted by Gasteiger charge is -2.21. The van der Waals surface area contributed by atoms with Gasteiger partial charge in [0.1, 0.15) is 0 Å². The molecular formula is C18H28N6. The fourth-order valence-corrected chi connectivity index (χ4v) is 3.32. The Morgan fingerprint density at radius 1 is 1.12 bits per heavy atom. The molecule has 1 N–H and O–H groups in total. The van der Waals surface area contributed by atoms with Gasteiger partial charge >= 0.3 is 0 Å². The van der Waals surface area contributed by atoms with Crippen molar-refractivity contribution in [2.75, 3.05) is 18.4 Å². The average Bonchev–Trinajstić information content (AvgIpc) is 2.76. The highest BCUT2D eigenvalue weighted by Gasteiger charge is 2.17. The van der Waals surface area contributed by atoms with E-state index in [9.17, 15) is 0 Å². The topological polar surface area (TPSA) is 58.9 Å². The molecule has 24 heavy (non-hydrogen) atoms. The maximum absolute atomic E-state index is 4.76. The molecule has 1 aliphatic rings. The van der Waals surface area contributed by atoms with Crippen LogP contribution in [0.2, 0.25) is 0 Å². The van der Waals surface area contributed by atoms with E-state index in [2.05, 4.69) is 44.8 Å². The lowest BCUT2D eigenvalue weighted by molar-refractivity contribution is 0.239. The second-order valence-electron chi connectivity index (χ2n) is 7.16. The quantitative estimate of drug-likeness (QED) is 0.914. The summed E-state index contributed by atoms with van der Waals surface area (Å²) in [5, 5.41) is 8.06. The summed E-state index contributed by atoms with van der Waals surface area (Å²) >= 11 is 0. The lowest BCUT2D eigenvalue weighted by Crippen LogP contribution is -2.27. The lowest BCUT2D eigenvalue weighted by atomic mass is 10.2. The van der Waals surface area contributed by atoms with Gasteiger partial charge in [-0.3, -0.25) is 9.58 Å². The molecule has 0 saturated carbocycles. The SMILES string of the molecule is Cc1cc(C)nc(NCc2cc3n(n2)CCCN(CC(C)C)C3)n1. The number of rotatable bonds is 5. The van der Waals surface area contributed by atoms with Crippen LogP contribution in [0.5, 0.6) is 0 Å². The van der Waals surface area contributed by atoms with E-state index in [0.29, 0.717) is 18.4 Å². The summed E-state index contributed by atoms with van der Waals surface area (Å²) in [5.74, 6) is 1.37. The van der Waals surface area contributed by atoms with Gasteiger partial charge in [-0.15, -0.1) is 0 Å². The van der Waals surface area contributed by atoms with Gasteiger partial charge in [0, 0.05) is 37.6 Å². The highest BCUT2D eigenvalue weighted by molar-refractivity contribution is 5.29. The molecule has 2 aromatic heterocycles. The number of fused-ring (bicyclic) bond motifs is 1. The molecule has 2 aromatic rings. The van der Waals surface area contributed by atoms with Gasteiger partial charge < -0.3 is 5.32 Å². The molecule has 0 radical (unpaired) electrons. The molecule has 0 fully saturated rings. The molecule has 0 unspecified atom stereocenters. The van der Waals surface area contributed by atoms with Crippen molar-refractivity contribution in [2.24, 2.45) is 5.92 Å². The maximum atomic E-state index is 4.76. The van der Waals surface area contributed by atoms with E-state index in [1.165, 1.54) is 5.69 Å². The van der Waals surface area contributed by atoms with Gasteiger partial charge in [0.05, 0.1) is 17.9 Å². The normalized spacial score (nSPS) is 15.4. The van der Waals surface area contributed by atoms with Crippen molar-refractivity contribution in [1.29, 1.82) is 0 Å². The Balaban J connectivity index is 1.66. The number of hydrogen-bond donors (Lipinski definition) is 1.